The summed E-state index contributed by atoms with van der Waals surface area (Å²) in [4.78, 5) is 4.53. The first kappa shape index (κ1) is 14.5. The van der Waals surface area contributed by atoms with Gasteiger partial charge in [-0.15, -0.1) is 11.6 Å². The number of ether oxygens (including phenoxy) is 1. The van der Waals surface area contributed by atoms with Crippen LogP contribution in [0.3, 0.4) is 0 Å². The zero-order valence-corrected chi connectivity index (χ0v) is 14.0. The lowest BCUT2D eigenvalue weighted by molar-refractivity contribution is 0.0738. The van der Waals surface area contributed by atoms with Gasteiger partial charge >= 0.3 is 0 Å². The van der Waals surface area contributed by atoms with E-state index in [9.17, 15) is 4.39 Å². The van der Waals surface area contributed by atoms with Gasteiger partial charge in [-0.2, -0.15) is 0 Å². The minimum absolute atomic E-state index is 0.107. The predicted molar refractivity (Wildman–Crippen MR) is 85.7 cm³/mol. The van der Waals surface area contributed by atoms with E-state index in [1.807, 2.05) is 27.2 Å². The van der Waals surface area contributed by atoms with E-state index >= 15 is 0 Å². The molecule has 3 nitrogen and oxygen atoms in total. The van der Waals surface area contributed by atoms with Crippen molar-refractivity contribution < 1.29 is 9.13 Å². The zero-order chi connectivity index (χ0) is 14.3. The Hall–Kier alpha value is -0.400. The molecule has 0 saturated carbocycles. The Morgan fingerprint density at radius 2 is 2.40 bits per heavy atom. The summed E-state index contributed by atoms with van der Waals surface area (Å²) in [6.45, 7) is 2.88. The van der Waals surface area contributed by atoms with Crippen molar-refractivity contribution in [1.29, 1.82) is 0 Å². The van der Waals surface area contributed by atoms with Crippen molar-refractivity contribution in [2.24, 2.45) is 0 Å². The fourth-order valence-corrected chi connectivity index (χ4v) is 3.48. The molecule has 1 aliphatic rings. The molecule has 1 aliphatic heterocycles. The van der Waals surface area contributed by atoms with Gasteiger partial charge in [0.15, 0.2) is 0 Å². The normalized spacial score (nSPS) is 20.7. The van der Waals surface area contributed by atoms with Crippen molar-refractivity contribution in [3.8, 4) is 0 Å². The highest BCUT2D eigenvalue weighted by atomic mass is 127. The number of alkyl halides is 1. The first-order valence-electron chi connectivity index (χ1n) is 6.65. The molecule has 108 valence electrons. The van der Waals surface area contributed by atoms with E-state index in [0.29, 0.717) is 9.45 Å². The minimum atomic E-state index is -0.222. The number of fused-ring (bicyclic) bond motifs is 1. The summed E-state index contributed by atoms with van der Waals surface area (Å²) in [6, 6.07) is 3.42. The number of imidazole rings is 1. The van der Waals surface area contributed by atoms with Crippen LogP contribution in [-0.2, 0) is 10.6 Å². The molecule has 0 radical (unpaired) electrons. The first-order valence-corrected chi connectivity index (χ1v) is 8.26. The second-order valence-corrected chi connectivity index (χ2v) is 6.51. The maximum Gasteiger partial charge on any atom is 0.138 e. The van der Waals surface area contributed by atoms with E-state index in [1.165, 1.54) is 0 Å². The molecule has 0 spiro atoms. The number of benzene rings is 1. The monoisotopic (exact) mass is 408 g/mol. The van der Waals surface area contributed by atoms with Gasteiger partial charge < -0.3 is 9.30 Å². The number of hydrogen-bond acceptors (Lipinski definition) is 2. The molecule has 0 aliphatic carbocycles. The third kappa shape index (κ3) is 2.44. The van der Waals surface area contributed by atoms with Gasteiger partial charge in [0, 0.05) is 12.7 Å². The third-order valence-electron chi connectivity index (χ3n) is 3.83. The molecule has 3 rings (SSSR count). The lowest BCUT2D eigenvalue weighted by Crippen LogP contribution is -2.22. The Morgan fingerprint density at radius 3 is 3.05 bits per heavy atom. The van der Waals surface area contributed by atoms with E-state index in [1.54, 1.807) is 12.1 Å². The molecule has 0 bridgehead atoms. The molecular weight excluding hydrogens is 394 g/mol. The zero-order valence-electron chi connectivity index (χ0n) is 11.1. The maximum atomic E-state index is 13.9. The molecule has 2 unspecified atom stereocenters. The van der Waals surface area contributed by atoms with Crippen molar-refractivity contribution in [2.75, 3.05) is 6.61 Å². The molecule has 2 heterocycles. The lowest BCUT2D eigenvalue weighted by Gasteiger charge is -2.22. The van der Waals surface area contributed by atoms with Crippen molar-refractivity contribution in [1.82, 2.24) is 9.55 Å². The van der Waals surface area contributed by atoms with E-state index in [0.717, 1.165) is 36.3 Å². The van der Waals surface area contributed by atoms with Crippen LogP contribution in [0.15, 0.2) is 12.1 Å². The van der Waals surface area contributed by atoms with Gasteiger partial charge in [-0.05, 0) is 48.4 Å². The van der Waals surface area contributed by atoms with Crippen LogP contribution in [0.5, 0.6) is 0 Å². The van der Waals surface area contributed by atoms with Crippen molar-refractivity contribution in [2.45, 2.75) is 37.8 Å². The van der Waals surface area contributed by atoms with Gasteiger partial charge in [-0.1, -0.05) is 0 Å². The molecule has 0 N–H and O–H groups in total. The van der Waals surface area contributed by atoms with Crippen molar-refractivity contribution in [3.63, 3.8) is 0 Å². The maximum absolute atomic E-state index is 13.9. The quantitative estimate of drug-likeness (QED) is 0.560. The second kappa shape index (κ2) is 5.77. The number of nitrogens with zero attached hydrogens (tertiary/aromatic N) is 2. The van der Waals surface area contributed by atoms with Crippen LogP contribution in [0.25, 0.3) is 11.0 Å². The highest BCUT2D eigenvalue weighted by molar-refractivity contribution is 14.1. The highest BCUT2D eigenvalue weighted by Gasteiger charge is 2.27. The number of hydrogen-bond donors (Lipinski definition) is 0. The summed E-state index contributed by atoms with van der Waals surface area (Å²) in [7, 11) is 0. The summed E-state index contributed by atoms with van der Waals surface area (Å²) in [5, 5.41) is 0. The Labute approximate surface area is 135 Å². The Bertz CT molecular complexity index is 640. The fraction of sp³-hybridized carbons (Fsp3) is 0.500. The predicted octanol–water partition coefficient (Wildman–Crippen LogP) is 4.26. The summed E-state index contributed by atoms with van der Waals surface area (Å²) in [5.41, 5.74) is 1.58. The molecule has 2 aromatic rings. The average Bonchev–Trinajstić information content (AvgIpc) is 3.06. The van der Waals surface area contributed by atoms with Crippen LogP contribution in [0.1, 0.15) is 31.6 Å². The average molecular weight is 409 g/mol. The molecule has 1 aromatic heterocycles. The number of rotatable bonds is 3. The second-order valence-electron chi connectivity index (χ2n) is 5.08. The summed E-state index contributed by atoms with van der Waals surface area (Å²) in [6.07, 6.45) is 2.25. The molecule has 2 atom stereocenters. The Kier molecular flexibility index (Phi) is 4.19. The Balaban J connectivity index is 2.13. The molecule has 6 heteroatoms. The van der Waals surface area contributed by atoms with Crippen LogP contribution in [0, 0.1) is 9.39 Å². The SMILES string of the molecule is CC(C1CCCO1)n1c(CCl)nc2cc(I)c(F)cc21. The topological polar surface area (TPSA) is 27.1 Å². The van der Waals surface area contributed by atoms with Gasteiger partial charge in [0.2, 0.25) is 0 Å². The van der Waals surface area contributed by atoms with Gasteiger partial charge in [0.1, 0.15) is 11.6 Å². The van der Waals surface area contributed by atoms with Gasteiger partial charge in [0.25, 0.3) is 0 Å². The van der Waals surface area contributed by atoms with Crippen LogP contribution < -0.4 is 0 Å². The molecule has 1 saturated heterocycles. The molecular formula is C14H15ClFIN2O. The van der Waals surface area contributed by atoms with Gasteiger partial charge in [-0.3, -0.25) is 0 Å². The highest BCUT2D eigenvalue weighted by Crippen LogP contribution is 2.31. The summed E-state index contributed by atoms with van der Waals surface area (Å²) >= 11 is 7.99. The Morgan fingerprint density at radius 1 is 1.60 bits per heavy atom. The fourth-order valence-electron chi connectivity index (χ4n) is 2.84. The third-order valence-corrected chi connectivity index (χ3v) is 4.90. The number of aromatic nitrogens is 2. The largest absolute Gasteiger partial charge is 0.376 e. The smallest absolute Gasteiger partial charge is 0.138 e. The van der Waals surface area contributed by atoms with Gasteiger partial charge in [-0.25, -0.2) is 9.37 Å². The van der Waals surface area contributed by atoms with E-state index in [-0.39, 0.29) is 18.0 Å². The minimum Gasteiger partial charge on any atom is -0.376 e. The van der Waals surface area contributed by atoms with E-state index in [4.69, 9.17) is 16.3 Å². The van der Waals surface area contributed by atoms with Crippen LogP contribution in [0.2, 0.25) is 0 Å². The van der Waals surface area contributed by atoms with E-state index < -0.39 is 0 Å². The van der Waals surface area contributed by atoms with Gasteiger partial charge in [0.05, 0.1) is 32.6 Å². The first-order chi connectivity index (χ1) is 9.61. The van der Waals surface area contributed by atoms with Crippen LogP contribution in [-0.4, -0.2) is 22.3 Å². The van der Waals surface area contributed by atoms with Crippen LogP contribution >= 0.6 is 34.2 Å². The standard InChI is InChI=1S/C14H15ClFIN2O/c1-8(13-3-2-4-20-13)19-12-5-9(16)10(17)6-11(12)18-14(19)7-15/h5-6,8,13H,2-4,7H2,1H3. The molecule has 1 aromatic carbocycles. The lowest BCUT2D eigenvalue weighted by atomic mass is 10.1. The van der Waals surface area contributed by atoms with Crippen LogP contribution in [0.4, 0.5) is 4.39 Å². The summed E-state index contributed by atoms with van der Waals surface area (Å²) < 4.78 is 22.2. The molecule has 0 amide bonds. The molecule has 20 heavy (non-hydrogen) atoms. The van der Waals surface area contributed by atoms with E-state index in [2.05, 4.69) is 11.9 Å². The summed E-state index contributed by atoms with van der Waals surface area (Å²) in [5.74, 6) is 0.857. The van der Waals surface area contributed by atoms with Crippen molar-refractivity contribution >= 4 is 45.2 Å². The molecule has 1 fully saturated rings. The van der Waals surface area contributed by atoms with Crippen molar-refractivity contribution in [3.05, 3.63) is 27.3 Å². The number of halogens is 3.